The Hall–Kier alpha value is -1.39. The first-order valence-corrected chi connectivity index (χ1v) is 8.04. The Balaban J connectivity index is 2.41. The molecule has 0 fully saturated rings. The van der Waals surface area contributed by atoms with Crippen molar-refractivity contribution in [3.8, 4) is 0 Å². The second-order valence-electron chi connectivity index (χ2n) is 4.75. The zero-order valence-corrected chi connectivity index (χ0v) is 14.8. The first-order valence-electron chi connectivity index (χ1n) is 6.45. The highest BCUT2D eigenvalue weighted by Crippen LogP contribution is 2.31. The van der Waals surface area contributed by atoms with E-state index in [-0.39, 0.29) is 5.91 Å². The van der Waals surface area contributed by atoms with Crippen molar-refractivity contribution in [3.05, 3.63) is 75.2 Å². The fraction of sp³-hybridized carbons (Fsp3) is 0.118. The molecule has 0 heterocycles. The van der Waals surface area contributed by atoms with Crippen LogP contribution in [0.1, 0.15) is 12.5 Å². The van der Waals surface area contributed by atoms with E-state index in [1.165, 1.54) is 0 Å². The van der Waals surface area contributed by atoms with Crippen LogP contribution in [0.3, 0.4) is 0 Å². The highest BCUT2D eigenvalue weighted by Gasteiger charge is 2.19. The predicted molar refractivity (Wildman–Crippen MR) is 94.3 cm³/mol. The van der Waals surface area contributed by atoms with Gasteiger partial charge in [-0.3, -0.25) is 4.79 Å². The zero-order chi connectivity index (χ0) is 15.4. The summed E-state index contributed by atoms with van der Waals surface area (Å²) >= 11 is 6.95. The molecule has 0 aliphatic carbocycles. The monoisotopic (exact) mass is 407 g/mol. The fourth-order valence-electron chi connectivity index (χ4n) is 1.96. The number of carbonyl (C=O) groups excluding carboxylic acids is 1. The van der Waals surface area contributed by atoms with Gasteiger partial charge in [0.2, 0.25) is 0 Å². The molecular weight excluding hydrogens is 394 g/mol. The molecule has 2 aromatic rings. The summed E-state index contributed by atoms with van der Waals surface area (Å²) in [6, 6.07) is 15.7. The van der Waals surface area contributed by atoms with Crippen molar-refractivity contribution in [2.24, 2.45) is 0 Å². The molecule has 2 aromatic carbocycles. The van der Waals surface area contributed by atoms with Gasteiger partial charge in [-0.15, -0.1) is 0 Å². The number of amides is 1. The molecule has 0 bridgehead atoms. The van der Waals surface area contributed by atoms with Crippen LogP contribution < -0.4 is 4.90 Å². The average molecular weight is 409 g/mol. The van der Waals surface area contributed by atoms with Crippen molar-refractivity contribution in [1.29, 1.82) is 0 Å². The van der Waals surface area contributed by atoms with Crippen LogP contribution in [0.4, 0.5) is 5.69 Å². The summed E-state index contributed by atoms with van der Waals surface area (Å²) in [5, 5.41) is 0. The molecule has 0 radical (unpaired) electrons. The van der Waals surface area contributed by atoms with Gasteiger partial charge in [-0.1, -0.05) is 52.8 Å². The van der Waals surface area contributed by atoms with Crippen LogP contribution in [0.5, 0.6) is 0 Å². The van der Waals surface area contributed by atoms with E-state index in [9.17, 15) is 4.79 Å². The minimum Gasteiger partial charge on any atom is -0.303 e. The molecule has 2 rings (SSSR count). The van der Waals surface area contributed by atoms with Crippen LogP contribution in [-0.2, 0) is 11.3 Å². The molecule has 0 unspecified atom stereocenters. The summed E-state index contributed by atoms with van der Waals surface area (Å²) in [5.74, 6) is -0.0816. The van der Waals surface area contributed by atoms with Gasteiger partial charge in [0.1, 0.15) is 0 Å². The number of halogens is 2. The van der Waals surface area contributed by atoms with Gasteiger partial charge < -0.3 is 4.90 Å². The lowest BCUT2D eigenvalue weighted by atomic mass is 10.1. The highest BCUT2D eigenvalue weighted by atomic mass is 79.9. The van der Waals surface area contributed by atoms with Crippen molar-refractivity contribution in [2.75, 3.05) is 4.90 Å². The Kier molecular flexibility index (Phi) is 5.37. The summed E-state index contributed by atoms with van der Waals surface area (Å²) in [7, 11) is 0. The fourth-order valence-corrected chi connectivity index (χ4v) is 3.22. The second kappa shape index (κ2) is 7.05. The number of anilines is 1. The average Bonchev–Trinajstić information content (AvgIpc) is 2.45. The van der Waals surface area contributed by atoms with Crippen LogP contribution >= 0.6 is 31.9 Å². The molecule has 4 heteroatoms. The van der Waals surface area contributed by atoms with Crippen molar-refractivity contribution < 1.29 is 4.79 Å². The summed E-state index contributed by atoms with van der Waals surface area (Å²) in [6.07, 6.45) is 0. The molecule has 2 nitrogen and oxygen atoms in total. The molecule has 0 aliphatic rings. The molecule has 0 saturated carbocycles. The van der Waals surface area contributed by atoms with Crippen molar-refractivity contribution in [2.45, 2.75) is 13.5 Å². The maximum absolute atomic E-state index is 12.5. The van der Waals surface area contributed by atoms with E-state index in [0.717, 1.165) is 20.2 Å². The van der Waals surface area contributed by atoms with Crippen LogP contribution in [0.2, 0.25) is 0 Å². The maximum atomic E-state index is 12.5. The van der Waals surface area contributed by atoms with Crippen molar-refractivity contribution >= 4 is 43.5 Å². The number of hydrogen-bond acceptors (Lipinski definition) is 1. The Labute approximate surface area is 141 Å². The van der Waals surface area contributed by atoms with E-state index in [1.807, 2.05) is 48.5 Å². The quantitative estimate of drug-likeness (QED) is 0.626. The number of carbonyl (C=O) groups is 1. The van der Waals surface area contributed by atoms with Gasteiger partial charge in [0.25, 0.3) is 5.91 Å². The third kappa shape index (κ3) is 4.05. The topological polar surface area (TPSA) is 20.3 Å². The molecular formula is C17H15Br2NO. The van der Waals surface area contributed by atoms with Crippen molar-refractivity contribution in [3.63, 3.8) is 0 Å². The lowest BCUT2D eigenvalue weighted by molar-refractivity contribution is -0.115. The van der Waals surface area contributed by atoms with Crippen LogP contribution in [0.25, 0.3) is 0 Å². The smallest absolute Gasteiger partial charge is 0.253 e. The molecule has 0 aromatic heterocycles. The van der Waals surface area contributed by atoms with Crippen molar-refractivity contribution in [1.82, 2.24) is 0 Å². The summed E-state index contributed by atoms with van der Waals surface area (Å²) in [5.41, 5.74) is 2.41. The van der Waals surface area contributed by atoms with E-state index in [2.05, 4.69) is 38.4 Å². The lowest BCUT2D eigenvalue weighted by Crippen LogP contribution is -2.31. The number of benzene rings is 2. The van der Waals surface area contributed by atoms with Crippen LogP contribution in [0, 0.1) is 0 Å². The second-order valence-corrected chi connectivity index (χ2v) is 6.52. The molecule has 1 amide bonds. The summed E-state index contributed by atoms with van der Waals surface area (Å²) in [6.45, 7) is 6.01. The molecule has 0 atom stereocenters. The lowest BCUT2D eigenvalue weighted by Gasteiger charge is -2.24. The molecule has 0 aliphatic heterocycles. The molecule has 108 valence electrons. The summed E-state index contributed by atoms with van der Waals surface area (Å²) < 4.78 is 1.82. The Morgan fingerprint density at radius 1 is 1.14 bits per heavy atom. The van der Waals surface area contributed by atoms with Gasteiger partial charge in [-0.05, 0) is 46.6 Å². The highest BCUT2D eigenvalue weighted by molar-refractivity contribution is 9.11. The molecule has 0 N–H and O–H groups in total. The molecule has 0 saturated heterocycles. The minimum absolute atomic E-state index is 0.0816. The van der Waals surface area contributed by atoms with Crippen LogP contribution in [-0.4, -0.2) is 5.91 Å². The first-order chi connectivity index (χ1) is 9.99. The van der Waals surface area contributed by atoms with E-state index < -0.39 is 0 Å². The first kappa shape index (κ1) is 16.0. The van der Waals surface area contributed by atoms with Gasteiger partial charge in [0.15, 0.2) is 0 Å². The molecule has 21 heavy (non-hydrogen) atoms. The summed E-state index contributed by atoms with van der Waals surface area (Å²) in [4.78, 5) is 14.2. The van der Waals surface area contributed by atoms with Gasteiger partial charge in [-0.2, -0.15) is 0 Å². The van der Waals surface area contributed by atoms with E-state index in [1.54, 1.807) is 11.8 Å². The number of rotatable bonds is 4. The number of hydrogen-bond donors (Lipinski definition) is 0. The minimum atomic E-state index is -0.0816. The van der Waals surface area contributed by atoms with Crippen LogP contribution in [0.15, 0.2) is 69.6 Å². The largest absolute Gasteiger partial charge is 0.303 e. The van der Waals surface area contributed by atoms with E-state index in [4.69, 9.17) is 0 Å². The van der Waals surface area contributed by atoms with E-state index in [0.29, 0.717) is 12.1 Å². The number of nitrogens with zero attached hydrogens (tertiary/aromatic N) is 1. The Bertz CT molecular complexity index is 668. The predicted octanol–water partition coefficient (Wildman–Crippen LogP) is 5.32. The van der Waals surface area contributed by atoms with Gasteiger partial charge >= 0.3 is 0 Å². The van der Waals surface area contributed by atoms with Gasteiger partial charge in [0, 0.05) is 14.5 Å². The SMILES string of the molecule is C=C(C)C(=O)N(Cc1ccccc1)c1ccc(Br)cc1Br. The normalized spacial score (nSPS) is 10.2. The standard InChI is InChI=1S/C17H15Br2NO/c1-12(2)17(21)20(11-13-6-4-3-5-7-13)16-9-8-14(18)10-15(16)19/h3-10H,1,11H2,2H3. The van der Waals surface area contributed by atoms with E-state index >= 15 is 0 Å². The van der Waals surface area contributed by atoms with Gasteiger partial charge in [-0.25, -0.2) is 0 Å². The third-order valence-electron chi connectivity index (χ3n) is 2.99. The zero-order valence-electron chi connectivity index (χ0n) is 11.6. The van der Waals surface area contributed by atoms with Gasteiger partial charge in [0.05, 0.1) is 12.2 Å². The Morgan fingerprint density at radius 2 is 1.81 bits per heavy atom. The maximum Gasteiger partial charge on any atom is 0.253 e. The molecule has 0 spiro atoms. The Morgan fingerprint density at radius 3 is 2.38 bits per heavy atom. The third-order valence-corrected chi connectivity index (χ3v) is 4.12.